The van der Waals surface area contributed by atoms with E-state index in [0.717, 1.165) is 5.56 Å². The van der Waals surface area contributed by atoms with E-state index in [4.69, 9.17) is 5.73 Å². The van der Waals surface area contributed by atoms with E-state index in [1.807, 2.05) is 13.8 Å². The highest BCUT2D eigenvalue weighted by molar-refractivity contribution is 5.94. The minimum absolute atomic E-state index is 0.0143. The van der Waals surface area contributed by atoms with E-state index >= 15 is 0 Å². The number of carboxylic acid groups (broad SMARTS) is 1. The van der Waals surface area contributed by atoms with Gasteiger partial charge in [-0.25, -0.2) is 9.78 Å². The summed E-state index contributed by atoms with van der Waals surface area (Å²) in [4.78, 5) is 58.5. The van der Waals surface area contributed by atoms with Crippen molar-refractivity contribution in [2.45, 2.75) is 63.7 Å². The van der Waals surface area contributed by atoms with Crippen molar-refractivity contribution in [3.63, 3.8) is 0 Å². The zero-order chi connectivity index (χ0) is 31.5. The molecule has 1 heterocycles. The molecule has 3 rings (SSSR count). The van der Waals surface area contributed by atoms with Crippen LogP contribution in [-0.4, -0.2) is 73.1 Å². The molecule has 2 aromatic carbocycles. The zero-order valence-electron chi connectivity index (χ0n) is 24.0. The molecule has 4 unspecified atom stereocenters. The van der Waals surface area contributed by atoms with Crippen LogP contribution in [0.1, 0.15) is 37.1 Å². The van der Waals surface area contributed by atoms with Crippen molar-refractivity contribution in [1.29, 1.82) is 0 Å². The number of carboxylic acids is 1. The molecule has 0 saturated carbocycles. The van der Waals surface area contributed by atoms with Crippen LogP contribution < -0.4 is 21.7 Å². The Kier molecular flexibility index (Phi) is 11.6. The van der Waals surface area contributed by atoms with Crippen LogP contribution in [0, 0.1) is 5.92 Å². The van der Waals surface area contributed by atoms with Gasteiger partial charge < -0.3 is 42.0 Å². The lowest BCUT2D eigenvalue weighted by atomic mass is 9.99. The number of imidazole rings is 1. The average Bonchev–Trinajstić information content (AvgIpc) is 3.47. The number of amides is 3. The molecule has 0 aliphatic carbocycles. The topological polar surface area (TPSA) is 220 Å². The van der Waals surface area contributed by atoms with Crippen molar-refractivity contribution < 1.29 is 34.5 Å². The first-order valence-corrected chi connectivity index (χ1v) is 13.8. The van der Waals surface area contributed by atoms with Gasteiger partial charge in [-0.15, -0.1) is 0 Å². The van der Waals surface area contributed by atoms with Gasteiger partial charge in [0.05, 0.1) is 12.4 Å². The zero-order valence-corrected chi connectivity index (χ0v) is 24.0. The van der Waals surface area contributed by atoms with Crippen molar-refractivity contribution in [1.82, 2.24) is 25.9 Å². The normalized spacial score (nSPS) is 13.9. The molecule has 3 amide bonds. The fraction of sp³-hybridized carbons (Fsp3) is 0.367. The number of hydrogen-bond donors (Lipinski definition) is 8. The molecule has 13 nitrogen and oxygen atoms in total. The van der Waals surface area contributed by atoms with E-state index in [-0.39, 0.29) is 43.1 Å². The quantitative estimate of drug-likeness (QED) is 0.124. The SMILES string of the molecule is CC(C)CC(NC(=O)C(N)Cc1ccc(O)cc1)C(=O)NC(Cc1ccc(O)cc1)C(=O)NC(Cc1cnc[nH]1)C(=O)O. The van der Waals surface area contributed by atoms with E-state index in [1.54, 1.807) is 24.3 Å². The number of nitrogens with one attached hydrogen (secondary N) is 4. The van der Waals surface area contributed by atoms with Crippen molar-refractivity contribution in [3.05, 3.63) is 77.9 Å². The maximum absolute atomic E-state index is 13.5. The number of benzene rings is 2. The number of aromatic amines is 1. The highest BCUT2D eigenvalue weighted by Crippen LogP contribution is 2.14. The Hall–Kier alpha value is -4.91. The Morgan fingerprint density at radius 3 is 1.79 bits per heavy atom. The van der Waals surface area contributed by atoms with Crippen LogP contribution in [0.3, 0.4) is 0 Å². The molecule has 13 heteroatoms. The minimum Gasteiger partial charge on any atom is -0.508 e. The number of aliphatic carboxylic acids is 1. The smallest absolute Gasteiger partial charge is 0.326 e. The van der Waals surface area contributed by atoms with E-state index < -0.39 is 47.9 Å². The van der Waals surface area contributed by atoms with E-state index in [0.29, 0.717) is 11.3 Å². The van der Waals surface area contributed by atoms with Gasteiger partial charge in [0.25, 0.3) is 0 Å². The predicted molar refractivity (Wildman–Crippen MR) is 157 cm³/mol. The van der Waals surface area contributed by atoms with Gasteiger partial charge in [-0.3, -0.25) is 14.4 Å². The molecule has 0 spiro atoms. The van der Waals surface area contributed by atoms with Gasteiger partial charge in [-0.05, 0) is 54.2 Å². The summed E-state index contributed by atoms with van der Waals surface area (Å²) >= 11 is 0. The van der Waals surface area contributed by atoms with Crippen LogP contribution in [0.2, 0.25) is 0 Å². The van der Waals surface area contributed by atoms with E-state index in [9.17, 15) is 34.5 Å². The van der Waals surface area contributed by atoms with Gasteiger partial charge in [0.15, 0.2) is 0 Å². The largest absolute Gasteiger partial charge is 0.508 e. The molecular formula is C30H38N6O7. The van der Waals surface area contributed by atoms with Gasteiger partial charge in [0.1, 0.15) is 29.6 Å². The molecule has 230 valence electrons. The van der Waals surface area contributed by atoms with Crippen molar-refractivity contribution in [2.24, 2.45) is 11.7 Å². The summed E-state index contributed by atoms with van der Waals surface area (Å²) in [5.74, 6) is -3.14. The fourth-order valence-corrected chi connectivity index (χ4v) is 4.40. The summed E-state index contributed by atoms with van der Waals surface area (Å²) in [6, 6.07) is 7.74. The summed E-state index contributed by atoms with van der Waals surface area (Å²) in [5, 5.41) is 36.7. The van der Waals surface area contributed by atoms with Crippen molar-refractivity contribution in [2.75, 3.05) is 0 Å². The molecule has 43 heavy (non-hydrogen) atoms. The number of phenolic OH excluding ortho intramolecular Hbond substituents is 2. The van der Waals surface area contributed by atoms with Crippen molar-refractivity contribution in [3.8, 4) is 11.5 Å². The lowest BCUT2D eigenvalue weighted by molar-refractivity contribution is -0.142. The van der Waals surface area contributed by atoms with Gasteiger partial charge in [-0.2, -0.15) is 0 Å². The van der Waals surface area contributed by atoms with Crippen LogP contribution in [0.4, 0.5) is 0 Å². The first kappa shape index (κ1) is 32.6. The number of nitrogens with two attached hydrogens (primary N) is 1. The molecule has 0 radical (unpaired) electrons. The molecule has 0 aliphatic heterocycles. The number of aromatic nitrogens is 2. The number of nitrogens with zero attached hydrogens (tertiary/aromatic N) is 1. The molecule has 0 saturated heterocycles. The Balaban J connectivity index is 1.77. The van der Waals surface area contributed by atoms with Gasteiger partial charge >= 0.3 is 5.97 Å². The standard InChI is InChI=1S/C30H38N6O7/c1-17(2)11-24(34-27(39)23(31)12-18-3-7-21(37)8-4-18)28(40)35-25(13-19-5-9-22(38)10-6-19)29(41)36-26(30(42)43)14-20-15-32-16-33-20/h3-10,15-17,23-26,37-38H,11-14,31H2,1-2H3,(H,32,33)(H,34,39)(H,35,40)(H,36,41)(H,42,43). The predicted octanol–water partition coefficient (Wildman–Crippen LogP) is 0.761. The van der Waals surface area contributed by atoms with Gasteiger partial charge in [0, 0.05) is 24.7 Å². The molecule has 4 atom stereocenters. The Morgan fingerprint density at radius 1 is 0.767 bits per heavy atom. The molecule has 0 aliphatic rings. The van der Waals surface area contributed by atoms with Crippen LogP contribution in [-0.2, 0) is 38.4 Å². The van der Waals surface area contributed by atoms with Crippen LogP contribution in [0.25, 0.3) is 0 Å². The minimum atomic E-state index is -1.31. The summed E-state index contributed by atoms with van der Waals surface area (Å²) in [7, 11) is 0. The highest BCUT2D eigenvalue weighted by Gasteiger charge is 2.31. The monoisotopic (exact) mass is 594 g/mol. The maximum atomic E-state index is 13.5. The summed E-state index contributed by atoms with van der Waals surface area (Å²) in [6.07, 6.45) is 3.17. The third-order valence-electron chi connectivity index (χ3n) is 6.67. The first-order valence-electron chi connectivity index (χ1n) is 13.8. The summed E-state index contributed by atoms with van der Waals surface area (Å²) in [5.41, 5.74) is 7.93. The van der Waals surface area contributed by atoms with E-state index in [2.05, 4.69) is 25.9 Å². The number of rotatable bonds is 15. The second-order valence-corrected chi connectivity index (χ2v) is 10.8. The molecule has 0 fully saturated rings. The molecule has 3 aromatic rings. The number of hydrogen-bond acceptors (Lipinski definition) is 8. The Labute approximate surface area is 248 Å². The second kappa shape index (κ2) is 15.4. The van der Waals surface area contributed by atoms with E-state index in [1.165, 1.54) is 36.8 Å². The number of carbonyl (C=O) groups excluding carboxylic acids is 3. The highest BCUT2D eigenvalue weighted by atomic mass is 16.4. The van der Waals surface area contributed by atoms with Crippen LogP contribution in [0.5, 0.6) is 11.5 Å². The molecule has 0 bridgehead atoms. The molecular weight excluding hydrogens is 556 g/mol. The third kappa shape index (κ3) is 10.5. The molecule has 9 N–H and O–H groups in total. The number of carbonyl (C=O) groups is 4. The Morgan fingerprint density at radius 2 is 1.28 bits per heavy atom. The lowest BCUT2D eigenvalue weighted by Gasteiger charge is -2.26. The van der Waals surface area contributed by atoms with Crippen LogP contribution >= 0.6 is 0 Å². The first-order chi connectivity index (χ1) is 20.4. The second-order valence-electron chi connectivity index (χ2n) is 10.8. The number of H-pyrrole nitrogens is 1. The average molecular weight is 595 g/mol. The summed E-state index contributed by atoms with van der Waals surface area (Å²) < 4.78 is 0. The Bertz CT molecular complexity index is 1360. The van der Waals surface area contributed by atoms with Crippen molar-refractivity contribution >= 4 is 23.7 Å². The van der Waals surface area contributed by atoms with Gasteiger partial charge in [-0.1, -0.05) is 38.1 Å². The third-order valence-corrected chi connectivity index (χ3v) is 6.67. The maximum Gasteiger partial charge on any atom is 0.326 e. The van der Waals surface area contributed by atoms with Gasteiger partial charge in [0.2, 0.25) is 17.7 Å². The fourth-order valence-electron chi connectivity index (χ4n) is 4.40. The summed E-state index contributed by atoms with van der Waals surface area (Å²) in [6.45, 7) is 3.74. The number of phenols is 2. The molecule has 1 aromatic heterocycles. The number of aromatic hydroxyl groups is 2. The lowest BCUT2D eigenvalue weighted by Crippen LogP contribution is -2.58. The van der Waals surface area contributed by atoms with Crippen LogP contribution in [0.15, 0.2) is 61.1 Å².